The van der Waals surface area contributed by atoms with E-state index >= 15 is 0 Å². The van der Waals surface area contributed by atoms with E-state index in [0.717, 1.165) is 5.76 Å². The van der Waals surface area contributed by atoms with Gasteiger partial charge in [0, 0.05) is 6.54 Å². The zero-order valence-electron chi connectivity index (χ0n) is 13.3. The summed E-state index contributed by atoms with van der Waals surface area (Å²) in [7, 11) is 0. The summed E-state index contributed by atoms with van der Waals surface area (Å²) < 4.78 is 5.55. The van der Waals surface area contributed by atoms with E-state index in [1.165, 1.54) is 16.2 Å². The van der Waals surface area contributed by atoms with Crippen LogP contribution in [0.25, 0.3) is 10.8 Å². The van der Waals surface area contributed by atoms with Crippen molar-refractivity contribution >= 4 is 23.2 Å². The van der Waals surface area contributed by atoms with Gasteiger partial charge in [-0.3, -0.25) is 4.79 Å². The first-order valence-corrected chi connectivity index (χ1v) is 8.24. The number of carbonyl (C=O) groups is 2. The lowest BCUT2D eigenvalue weighted by atomic mass is 9.99. The van der Waals surface area contributed by atoms with Crippen molar-refractivity contribution in [3.8, 4) is 10.8 Å². The molecule has 1 aliphatic rings. The lowest BCUT2D eigenvalue weighted by Gasteiger charge is -2.30. The average molecular weight is 334 g/mol. The summed E-state index contributed by atoms with van der Waals surface area (Å²) in [5.74, 6) is 0.167. The van der Waals surface area contributed by atoms with Crippen LogP contribution in [0.3, 0.4) is 0 Å². The smallest absolute Gasteiger partial charge is 0.329 e. The Morgan fingerprint density at radius 1 is 1.39 bits per heavy atom. The van der Waals surface area contributed by atoms with E-state index in [4.69, 9.17) is 4.42 Å². The van der Waals surface area contributed by atoms with Crippen LogP contribution >= 0.6 is 11.3 Å². The molecule has 0 saturated carbocycles. The second-order valence-corrected chi connectivity index (χ2v) is 6.98. The van der Waals surface area contributed by atoms with Crippen LogP contribution in [0.1, 0.15) is 40.9 Å². The van der Waals surface area contributed by atoms with Crippen LogP contribution in [0.5, 0.6) is 0 Å². The van der Waals surface area contributed by atoms with E-state index in [1.807, 2.05) is 19.1 Å². The molecule has 1 N–H and O–H groups in total. The van der Waals surface area contributed by atoms with Crippen molar-refractivity contribution in [2.45, 2.75) is 39.2 Å². The number of thiazole rings is 1. The number of nitrogens with zero attached hydrogens (tertiary/aromatic N) is 2. The van der Waals surface area contributed by atoms with Crippen molar-refractivity contribution in [2.24, 2.45) is 0 Å². The number of carboxylic acid groups (broad SMARTS) is 1. The zero-order chi connectivity index (χ0) is 16.8. The fourth-order valence-corrected chi connectivity index (χ4v) is 3.86. The quantitative estimate of drug-likeness (QED) is 0.932. The van der Waals surface area contributed by atoms with E-state index in [9.17, 15) is 14.7 Å². The molecule has 0 radical (unpaired) electrons. The molecule has 7 heteroatoms. The highest BCUT2D eigenvalue weighted by Crippen LogP contribution is 2.35. The van der Waals surface area contributed by atoms with Crippen molar-refractivity contribution in [3.63, 3.8) is 0 Å². The van der Waals surface area contributed by atoms with Crippen molar-refractivity contribution in [2.75, 3.05) is 6.54 Å². The molecule has 3 heterocycles. The van der Waals surface area contributed by atoms with E-state index < -0.39 is 11.5 Å². The molecule has 3 rings (SSSR count). The molecule has 1 fully saturated rings. The van der Waals surface area contributed by atoms with Gasteiger partial charge in [0.15, 0.2) is 10.8 Å². The number of hydrogen-bond acceptors (Lipinski definition) is 5. The maximum atomic E-state index is 12.8. The summed E-state index contributed by atoms with van der Waals surface area (Å²) in [4.78, 5) is 30.7. The first kappa shape index (κ1) is 15.7. The minimum atomic E-state index is -1.14. The van der Waals surface area contributed by atoms with Gasteiger partial charge in [-0.15, -0.1) is 11.3 Å². The number of rotatable bonds is 3. The summed E-state index contributed by atoms with van der Waals surface area (Å²) in [6.45, 7) is 5.66. The molecule has 0 unspecified atom stereocenters. The Hall–Kier alpha value is -2.15. The van der Waals surface area contributed by atoms with Gasteiger partial charge in [0.2, 0.25) is 0 Å². The van der Waals surface area contributed by atoms with Gasteiger partial charge in [-0.25, -0.2) is 9.78 Å². The van der Waals surface area contributed by atoms with Gasteiger partial charge < -0.3 is 14.4 Å². The Kier molecular flexibility index (Phi) is 3.75. The van der Waals surface area contributed by atoms with E-state index in [2.05, 4.69) is 4.98 Å². The van der Waals surface area contributed by atoms with E-state index in [-0.39, 0.29) is 5.91 Å². The second-order valence-electron chi connectivity index (χ2n) is 5.98. The lowest BCUT2D eigenvalue weighted by Crippen LogP contribution is -2.50. The van der Waals surface area contributed by atoms with Crippen LogP contribution in [0, 0.1) is 13.8 Å². The second kappa shape index (κ2) is 5.49. The van der Waals surface area contributed by atoms with Crippen molar-refractivity contribution in [1.82, 2.24) is 9.88 Å². The molecule has 1 aliphatic heterocycles. The molecule has 1 saturated heterocycles. The Morgan fingerprint density at radius 3 is 2.74 bits per heavy atom. The Morgan fingerprint density at radius 2 is 2.13 bits per heavy atom. The van der Waals surface area contributed by atoms with Gasteiger partial charge in [0.05, 0.1) is 5.69 Å². The Bertz CT molecular complexity index is 779. The topological polar surface area (TPSA) is 83.6 Å². The van der Waals surface area contributed by atoms with Crippen molar-refractivity contribution in [3.05, 3.63) is 28.5 Å². The molecule has 6 nitrogen and oxygen atoms in total. The number of hydrogen-bond donors (Lipinski definition) is 1. The van der Waals surface area contributed by atoms with Crippen molar-refractivity contribution < 1.29 is 19.1 Å². The van der Waals surface area contributed by atoms with Crippen LogP contribution in [-0.2, 0) is 4.79 Å². The third kappa shape index (κ3) is 2.55. The minimum Gasteiger partial charge on any atom is -0.480 e. The maximum Gasteiger partial charge on any atom is 0.329 e. The van der Waals surface area contributed by atoms with Gasteiger partial charge in [0.1, 0.15) is 16.2 Å². The third-order valence-electron chi connectivity index (χ3n) is 4.29. The van der Waals surface area contributed by atoms with Gasteiger partial charge in [-0.1, -0.05) is 0 Å². The molecule has 1 amide bonds. The highest BCUT2D eigenvalue weighted by atomic mass is 32.1. The summed E-state index contributed by atoms with van der Waals surface area (Å²) >= 11 is 1.24. The van der Waals surface area contributed by atoms with E-state index in [0.29, 0.717) is 40.7 Å². The van der Waals surface area contributed by atoms with Crippen LogP contribution < -0.4 is 0 Å². The zero-order valence-corrected chi connectivity index (χ0v) is 14.1. The van der Waals surface area contributed by atoms with Crippen LogP contribution in [-0.4, -0.2) is 39.0 Å². The largest absolute Gasteiger partial charge is 0.480 e. The standard InChI is InChI=1S/C16H18N2O4S/c1-9-5-6-11(22-9)13-17-10(2)12(23-13)14(19)18-8-4-7-16(18,3)15(20)21/h5-6H,4,7-8H2,1-3H3,(H,20,21)/t16-/m1/s1. The third-order valence-corrected chi connectivity index (χ3v) is 5.45. The molecule has 0 aromatic carbocycles. The molecule has 0 aliphatic carbocycles. The molecule has 2 aromatic rings. The fraction of sp³-hybridized carbons (Fsp3) is 0.438. The number of aromatic nitrogens is 1. The molecular formula is C16H18N2O4S. The first-order chi connectivity index (χ1) is 10.8. The molecule has 2 aromatic heterocycles. The van der Waals surface area contributed by atoms with Gasteiger partial charge in [0.25, 0.3) is 5.91 Å². The molecule has 1 atom stereocenters. The fourth-order valence-electron chi connectivity index (χ4n) is 2.88. The molecule has 122 valence electrons. The van der Waals surface area contributed by atoms with Crippen LogP contribution in [0.2, 0.25) is 0 Å². The number of furan rings is 1. The summed E-state index contributed by atoms with van der Waals surface area (Å²) in [6.07, 6.45) is 1.16. The van der Waals surface area contributed by atoms with Crippen LogP contribution in [0.4, 0.5) is 0 Å². The maximum absolute atomic E-state index is 12.8. The number of carboxylic acids is 1. The number of amides is 1. The summed E-state index contributed by atoms with van der Waals surface area (Å²) in [6, 6.07) is 3.66. The van der Waals surface area contributed by atoms with Crippen LogP contribution in [0.15, 0.2) is 16.5 Å². The normalized spacial score (nSPS) is 20.9. The summed E-state index contributed by atoms with van der Waals surface area (Å²) in [5, 5.41) is 10.1. The highest BCUT2D eigenvalue weighted by Gasteiger charge is 2.46. The average Bonchev–Trinajstić information content (AvgIpc) is 3.17. The molecule has 0 bridgehead atoms. The molecule has 0 spiro atoms. The Balaban J connectivity index is 1.94. The number of carbonyl (C=O) groups excluding carboxylic acids is 1. The number of aryl methyl sites for hydroxylation is 2. The lowest BCUT2D eigenvalue weighted by molar-refractivity contribution is -0.147. The molecular weight excluding hydrogens is 316 g/mol. The predicted molar refractivity (Wildman–Crippen MR) is 85.6 cm³/mol. The minimum absolute atomic E-state index is 0.267. The highest BCUT2D eigenvalue weighted by molar-refractivity contribution is 7.17. The molecule has 23 heavy (non-hydrogen) atoms. The van der Waals surface area contributed by atoms with Gasteiger partial charge >= 0.3 is 5.97 Å². The van der Waals surface area contributed by atoms with Gasteiger partial charge in [-0.05, 0) is 45.7 Å². The number of aliphatic carboxylic acids is 1. The van der Waals surface area contributed by atoms with E-state index in [1.54, 1.807) is 13.8 Å². The predicted octanol–water partition coefficient (Wildman–Crippen LogP) is 3.10. The SMILES string of the molecule is Cc1ccc(-c2nc(C)c(C(=O)N3CCC[C@]3(C)C(=O)O)s2)o1. The monoisotopic (exact) mass is 334 g/mol. The number of likely N-dealkylation sites (tertiary alicyclic amines) is 1. The summed E-state index contributed by atoms with van der Waals surface area (Å²) in [5.41, 5.74) is -0.543. The first-order valence-electron chi connectivity index (χ1n) is 7.42. The van der Waals surface area contributed by atoms with Crippen molar-refractivity contribution in [1.29, 1.82) is 0 Å². The van der Waals surface area contributed by atoms with Gasteiger partial charge in [-0.2, -0.15) is 0 Å². The Labute approximate surface area is 137 Å².